The van der Waals surface area contributed by atoms with Crippen molar-refractivity contribution in [2.75, 3.05) is 0 Å². The van der Waals surface area contributed by atoms with Gasteiger partial charge in [-0.25, -0.2) is 4.98 Å². The fraction of sp³-hybridized carbons (Fsp3) is 0.500. The van der Waals surface area contributed by atoms with Gasteiger partial charge in [-0.05, 0) is 55.1 Å². The molecule has 24 heavy (non-hydrogen) atoms. The predicted molar refractivity (Wildman–Crippen MR) is 90.5 cm³/mol. The highest BCUT2D eigenvalue weighted by atomic mass is 16.5. The lowest BCUT2D eigenvalue weighted by molar-refractivity contribution is -0.150. The van der Waals surface area contributed by atoms with Crippen molar-refractivity contribution in [3.8, 4) is 0 Å². The minimum absolute atomic E-state index is 0.154. The average molecular weight is 322 g/mol. The third kappa shape index (κ3) is 2.20. The summed E-state index contributed by atoms with van der Waals surface area (Å²) in [6.07, 6.45) is 15.2. The molecule has 2 saturated carbocycles. The number of fused-ring (bicyclic) bond motifs is 3. The molecule has 2 aromatic heterocycles. The largest absolute Gasteiger partial charge is 0.457 e. The van der Waals surface area contributed by atoms with Crippen LogP contribution in [0.2, 0.25) is 0 Å². The van der Waals surface area contributed by atoms with Gasteiger partial charge in [-0.15, -0.1) is 0 Å². The Morgan fingerprint density at radius 3 is 2.88 bits per heavy atom. The molecular formula is C20H22N2O2. The van der Waals surface area contributed by atoms with Gasteiger partial charge in [0.2, 0.25) is 0 Å². The number of hydrogen-bond donors (Lipinski definition) is 0. The number of hydrogen-bond acceptors (Lipinski definition) is 3. The Labute approximate surface area is 141 Å². The second-order valence-corrected chi connectivity index (χ2v) is 7.62. The average Bonchev–Trinajstić information content (AvgIpc) is 2.98. The molecule has 4 heteroatoms. The highest BCUT2D eigenvalue weighted by Gasteiger charge is 2.44. The maximum absolute atomic E-state index is 11.9. The molecule has 0 aliphatic heterocycles. The number of esters is 1. The van der Waals surface area contributed by atoms with E-state index in [1.807, 2.05) is 12.5 Å². The van der Waals surface area contributed by atoms with Gasteiger partial charge in [0.1, 0.15) is 6.10 Å². The van der Waals surface area contributed by atoms with Crippen molar-refractivity contribution in [3.05, 3.63) is 48.1 Å². The Bertz CT molecular complexity index is 833. The number of pyridine rings is 1. The topological polar surface area (TPSA) is 43.6 Å². The molecule has 0 amide bonds. The Kier molecular flexibility index (Phi) is 3.09. The highest BCUT2D eigenvalue weighted by Crippen LogP contribution is 2.53. The molecule has 2 aromatic rings. The van der Waals surface area contributed by atoms with Gasteiger partial charge in [0.25, 0.3) is 0 Å². The van der Waals surface area contributed by atoms with Gasteiger partial charge in [0.15, 0.2) is 0 Å². The number of carbonyl (C=O) groups is 1. The van der Waals surface area contributed by atoms with E-state index < -0.39 is 0 Å². The third-order valence-corrected chi connectivity index (χ3v) is 5.98. The van der Waals surface area contributed by atoms with Crippen LogP contribution in [0.25, 0.3) is 5.52 Å². The second kappa shape index (κ2) is 5.20. The molecule has 3 aliphatic carbocycles. The zero-order valence-corrected chi connectivity index (χ0v) is 13.9. The first-order valence-electron chi connectivity index (χ1n) is 9.00. The monoisotopic (exact) mass is 322 g/mol. The molecule has 0 saturated heterocycles. The van der Waals surface area contributed by atoms with Crippen LogP contribution in [0.15, 0.2) is 36.9 Å². The summed E-state index contributed by atoms with van der Waals surface area (Å²) in [6.45, 7) is 1.53. The van der Waals surface area contributed by atoms with Crippen molar-refractivity contribution in [3.63, 3.8) is 0 Å². The highest BCUT2D eigenvalue weighted by molar-refractivity contribution is 5.68. The van der Waals surface area contributed by atoms with E-state index in [-0.39, 0.29) is 12.1 Å². The van der Waals surface area contributed by atoms with E-state index in [0.29, 0.717) is 23.7 Å². The van der Waals surface area contributed by atoms with Gasteiger partial charge in [0.05, 0.1) is 18.0 Å². The van der Waals surface area contributed by atoms with Crippen molar-refractivity contribution >= 4 is 11.5 Å². The van der Waals surface area contributed by atoms with E-state index in [1.54, 1.807) is 0 Å². The third-order valence-electron chi connectivity index (χ3n) is 5.98. The lowest BCUT2D eigenvalue weighted by Crippen LogP contribution is -2.23. The maximum Gasteiger partial charge on any atom is 0.303 e. The predicted octanol–water partition coefficient (Wildman–Crippen LogP) is 4.03. The Balaban J connectivity index is 1.66. The number of carbonyl (C=O) groups excluding carboxylic acids is 1. The zero-order chi connectivity index (χ0) is 16.3. The van der Waals surface area contributed by atoms with Crippen LogP contribution in [0.4, 0.5) is 0 Å². The number of allylic oxidation sites excluding steroid dienone is 2. The van der Waals surface area contributed by atoms with E-state index in [9.17, 15) is 4.79 Å². The van der Waals surface area contributed by atoms with E-state index in [4.69, 9.17) is 4.74 Å². The smallest absolute Gasteiger partial charge is 0.303 e. The molecule has 4 nitrogen and oxygen atoms in total. The molecule has 2 fully saturated rings. The normalized spacial score (nSPS) is 29.3. The first-order valence-corrected chi connectivity index (χ1v) is 9.00. The molecule has 3 aliphatic rings. The summed E-state index contributed by atoms with van der Waals surface area (Å²) >= 11 is 0. The Morgan fingerprint density at radius 1 is 1.33 bits per heavy atom. The summed E-state index contributed by atoms with van der Waals surface area (Å²) in [5.74, 6) is 2.02. The maximum atomic E-state index is 11.9. The van der Waals surface area contributed by atoms with Crippen LogP contribution in [-0.4, -0.2) is 15.4 Å². The van der Waals surface area contributed by atoms with Crippen LogP contribution in [0.5, 0.6) is 0 Å². The summed E-state index contributed by atoms with van der Waals surface area (Å²) < 4.78 is 8.01. The lowest BCUT2D eigenvalue weighted by Gasteiger charge is -2.30. The van der Waals surface area contributed by atoms with Crippen molar-refractivity contribution in [2.24, 2.45) is 17.8 Å². The lowest BCUT2D eigenvalue weighted by atomic mass is 9.82. The number of imidazole rings is 1. The number of aromatic nitrogens is 2. The molecule has 0 spiro atoms. The van der Waals surface area contributed by atoms with Crippen LogP contribution >= 0.6 is 0 Å². The molecule has 4 unspecified atom stereocenters. The molecule has 2 bridgehead atoms. The van der Waals surface area contributed by atoms with Gasteiger partial charge < -0.3 is 9.14 Å². The first kappa shape index (κ1) is 14.3. The second-order valence-electron chi connectivity index (χ2n) is 7.62. The molecular weight excluding hydrogens is 300 g/mol. The van der Waals surface area contributed by atoms with Gasteiger partial charge in [0, 0.05) is 24.6 Å². The van der Waals surface area contributed by atoms with Gasteiger partial charge in [-0.3, -0.25) is 4.79 Å². The molecule has 0 N–H and O–H groups in total. The number of nitrogens with zero attached hydrogens (tertiary/aromatic N) is 2. The first-order chi connectivity index (χ1) is 11.7. The van der Waals surface area contributed by atoms with Crippen molar-refractivity contribution in [2.45, 2.75) is 44.6 Å². The van der Waals surface area contributed by atoms with E-state index in [2.05, 4.69) is 33.8 Å². The van der Waals surface area contributed by atoms with Crippen LogP contribution in [0.3, 0.4) is 0 Å². The standard InChI is InChI=1S/C20H22N2O2/c1-12(23)24-20(17-9-13-2-3-15(17)8-13)19-16(14-4-5-14)6-7-22-11-21-10-18(19)22/h2-3,6-7,10-11,13-15,17,20H,4-5,8-9H2,1H3. The SMILES string of the molecule is CC(=O)OC(c1c(C2CC2)ccn2cncc12)C1CC2C=CC1C2. The summed E-state index contributed by atoms with van der Waals surface area (Å²) in [6, 6.07) is 2.21. The van der Waals surface area contributed by atoms with Crippen LogP contribution in [0.1, 0.15) is 55.8 Å². The van der Waals surface area contributed by atoms with Gasteiger partial charge >= 0.3 is 5.97 Å². The molecule has 0 aromatic carbocycles. The van der Waals surface area contributed by atoms with Crippen LogP contribution < -0.4 is 0 Å². The van der Waals surface area contributed by atoms with Gasteiger partial charge in [-0.2, -0.15) is 0 Å². The van der Waals surface area contributed by atoms with Crippen molar-refractivity contribution in [1.29, 1.82) is 0 Å². The summed E-state index contributed by atoms with van der Waals surface area (Å²) in [4.78, 5) is 16.2. The van der Waals surface area contributed by atoms with E-state index in [0.717, 1.165) is 11.9 Å². The Hall–Kier alpha value is -2.10. The minimum Gasteiger partial charge on any atom is -0.457 e. The summed E-state index contributed by atoms with van der Waals surface area (Å²) in [7, 11) is 0. The Morgan fingerprint density at radius 2 is 2.21 bits per heavy atom. The van der Waals surface area contributed by atoms with Crippen molar-refractivity contribution in [1.82, 2.24) is 9.38 Å². The minimum atomic E-state index is -0.185. The van der Waals surface area contributed by atoms with Crippen LogP contribution in [0, 0.1) is 17.8 Å². The fourth-order valence-electron chi connectivity index (χ4n) is 4.80. The van der Waals surface area contributed by atoms with E-state index in [1.165, 1.54) is 37.3 Å². The summed E-state index contributed by atoms with van der Waals surface area (Å²) in [5.41, 5.74) is 3.66. The molecule has 4 atom stereocenters. The molecule has 0 radical (unpaired) electrons. The zero-order valence-electron chi connectivity index (χ0n) is 13.9. The molecule has 124 valence electrons. The number of rotatable bonds is 4. The summed E-state index contributed by atoms with van der Waals surface area (Å²) in [5, 5.41) is 0. The molecule has 5 rings (SSSR count). The van der Waals surface area contributed by atoms with Crippen LogP contribution in [-0.2, 0) is 9.53 Å². The van der Waals surface area contributed by atoms with E-state index >= 15 is 0 Å². The number of ether oxygens (including phenoxy) is 1. The molecule has 2 heterocycles. The fourth-order valence-corrected chi connectivity index (χ4v) is 4.80. The quantitative estimate of drug-likeness (QED) is 0.630. The van der Waals surface area contributed by atoms with Gasteiger partial charge in [-0.1, -0.05) is 12.2 Å². The van der Waals surface area contributed by atoms with Crippen molar-refractivity contribution < 1.29 is 9.53 Å².